The molecule has 0 heterocycles. The lowest BCUT2D eigenvalue weighted by Crippen LogP contribution is -2.46. The van der Waals surface area contributed by atoms with Gasteiger partial charge >= 0.3 is 0 Å². The summed E-state index contributed by atoms with van der Waals surface area (Å²) in [6, 6.07) is 15.4. The molecule has 2 amide bonds. The molecule has 5 heteroatoms. The molecule has 0 bridgehead atoms. The number of amides is 2. The zero-order valence-electron chi connectivity index (χ0n) is 17.2. The van der Waals surface area contributed by atoms with Gasteiger partial charge in [0.25, 0.3) is 0 Å². The maximum atomic E-state index is 13.0. The lowest BCUT2D eigenvalue weighted by molar-refractivity contribution is -0.140. The lowest BCUT2D eigenvalue weighted by Gasteiger charge is -2.28. The van der Waals surface area contributed by atoms with Crippen molar-refractivity contribution in [2.45, 2.75) is 45.7 Å². The van der Waals surface area contributed by atoms with E-state index >= 15 is 0 Å². The standard InChI is InChI=1S/C23H30N2O3/c1-5-18-9-11-19(12-10-18)13-14-22(26)25(17(2)23(27)24-3)16-20-7-6-8-21(15-20)28-4/h6-12,15,17H,5,13-14,16H2,1-4H3,(H,24,27)/t17-/m0/s1. The number of aryl methyl sites for hydroxylation is 2. The summed E-state index contributed by atoms with van der Waals surface area (Å²) < 4.78 is 5.27. The van der Waals surface area contributed by atoms with Gasteiger partial charge in [-0.15, -0.1) is 0 Å². The first-order chi connectivity index (χ1) is 13.5. The van der Waals surface area contributed by atoms with Crippen molar-refractivity contribution in [3.8, 4) is 5.75 Å². The monoisotopic (exact) mass is 382 g/mol. The van der Waals surface area contributed by atoms with Crippen LogP contribution >= 0.6 is 0 Å². The topological polar surface area (TPSA) is 58.6 Å². The molecule has 1 atom stereocenters. The number of rotatable bonds is 9. The van der Waals surface area contributed by atoms with Gasteiger partial charge in [-0.2, -0.15) is 0 Å². The van der Waals surface area contributed by atoms with Crippen LogP contribution < -0.4 is 10.1 Å². The molecule has 0 aliphatic carbocycles. The first-order valence-corrected chi connectivity index (χ1v) is 9.70. The van der Waals surface area contributed by atoms with Crippen molar-refractivity contribution in [1.29, 1.82) is 0 Å². The predicted molar refractivity (Wildman–Crippen MR) is 111 cm³/mol. The van der Waals surface area contributed by atoms with Crippen LogP contribution in [0.1, 0.15) is 37.0 Å². The minimum absolute atomic E-state index is 0.0431. The predicted octanol–water partition coefficient (Wildman–Crippen LogP) is 3.35. The largest absolute Gasteiger partial charge is 0.497 e. The fourth-order valence-electron chi connectivity index (χ4n) is 3.10. The number of nitrogens with one attached hydrogen (secondary N) is 1. The average molecular weight is 383 g/mol. The molecule has 0 aliphatic heterocycles. The van der Waals surface area contributed by atoms with E-state index in [0.29, 0.717) is 19.4 Å². The second-order valence-corrected chi connectivity index (χ2v) is 6.83. The second kappa shape index (κ2) is 10.5. The van der Waals surface area contributed by atoms with Gasteiger partial charge in [-0.3, -0.25) is 9.59 Å². The maximum absolute atomic E-state index is 13.0. The Morgan fingerprint density at radius 1 is 1.07 bits per heavy atom. The highest BCUT2D eigenvalue weighted by atomic mass is 16.5. The quantitative estimate of drug-likeness (QED) is 0.724. The fraction of sp³-hybridized carbons (Fsp3) is 0.391. The molecule has 150 valence electrons. The van der Waals surface area contributed by atoms with Gasteiger partial charge in [-0.05, 0) is 48.6 Å². The lowest BCUT2D eigenvalue weighted by atomic mass is 10.0. The van der Waals surface area contributed by atoms with E-state index in [0.717, 1.165) is 23.3 Å². The van der Waals surface area contributed by atoms with Crippen molar-refractivity contribution in [2.24, 2.45) is 0 Å². The summed E-state index contributed by atoms with van der Waals surface area (Å²) in [5, 5.41) is 2.64. The van der Waals surface area contributed by atoms with Gasteiger partial charge < -0.3 is 15.0 Å². The number of carbonyl (C=O) groups excluding carboxylic acids is 2. The summed E-state index contributed by atoms with van der Waals surface area (Å²) >= 11 is 0. The molecule has 1 N–H and O–H groups in total. The Kier molecular flexibility index (Phi) is 8.05. The fourth-order valence-corrected chi connectivity index (χ4v) is 3.10. The van der Waals surface area contributed by atoms with Crippen LogP contribution in [-0.4, -0.2) is 36.9 Å². The number of likely N-dealkylation sites (N-methyl/N-ethyl adjacent to an activating group) is 1. The first kappa shape index (κ1) is 21.5. The Bertz CT molecular complexity index is 787. The minimum Gasteiger partial charge on any atom is -0.497 e. The van der Waals surface area contributed by atoms with Crippen LogP contribution in [0.3, 0.4) is 0 Å². The van der Waals surface area contributed by atoms with Crippen LogP contribution in [0, 0.1) is 0 Å². The van der Waals surface area contributed by atoms with Crippen molar-refractivity contribution in [3.63, 3.8) is 0 Å². The van der Waals surface area contributed by atoms with Gasteiger partial charge in [0.1, 0.15) is 11.8 Å². The third-order valence-corrected chi connectivity index (χ3v) is 4.96. The zero-order chi connectivity index (χ0) is 20.5. The molecule has 0 aliphatic rings. The molecular formula is C23H30N2O3. The third-order valence-electron chi connectivity index (χ3n) is 4.96. The molecule has 2 aromatic rings. The van der Waals surface area contributed by atoms with Gasteiger partial charge in [-0.25, -0.2) is 0 Å². The molecule has 0 saturated heterocycles. The Hall–Kier alpha value is -2.82. The van der Waals surface area contributed by atoms with Crippen LogP contribution in [0.15, 0.2) is 48.5 Å². The van der Waals surface area contributed by atoms with Crippen molar-refractivity contribution in [1.82, 2.24) is 10.2 Å². The number of ether oxygens (including phenoxy) is 1. The molecule has 2 aromatic carbocycles. The number of hydrogen-bond donors (Lipinski definition) is 1. The molecule has 28 heavy (non-hydrogen) atoms. The zero-order valence-corrected chi connectivity index (χ0v) is 17.2. The van der Waals surface area contributed by atoms with Crippen LogP contribution in [0.25, 0.3) is 0 Å². The highest BCUT2D eigenvalue weighted by molar-refractivity contribution is 5.87. The molecule has 2 rings (SSSR count). The minimum atomic E-state index is -0.550. The number of hydrogen-bond acceptors (Lipinski definition) is 3. The second-order valence-electron chi connectivity index (χ2n) is 6.83. The van der Waals surface area contributed by atoms with Crippen LogP contribution in [0.5, 0.6) is 5.75 Å². The van der Waals surface area contributed by atoms with E-state index in [1.807, 2.05) is 24.3 Å². The van der Waals surface area contributed by atoms with Crippen LogP contribution in [0.2, 0.25) is 0 Å². The molecule has 0 fully saturated rings. The van der Waals surface area contributed by atoms with Crippen LogP contribution in [0.4, 0.5) is 0 Å². The third kappa shape index (κ3) is 5.84. The molecule has 0 unspecified atom stereocenters. The van der Waals surface area contributed by atoms with Crippen LogP contribution in [-0.2, 0) is 29.0 Å². The SMILES string of the molecule is CCc1ccc(CCC(=O)N(Cc2cccc(OC)c2)[C@@H](C)C(=O)NC)cc1. The molecule has 5 nitrogen and oxygen atoms in total. The molecular weight excluding hydrogens is 352 g/mol. The number of nitrogens with zero attached hydrogens (tertiary/aromatic N) is 1. The van der Waals surface area contributed by atoms with E-state index in [1.165, 1.54) is 5.56 Å². The molecule has 0 radical (unpaired) electrons. The summed E-state index contributed by atoms with van der Waals surface area (Å²) in [6.45, 7) is 4.24. The van der Waals surface area contributed by atoms with Crippen molar-refractivity contribution in [2.75, 3.05) is 14.2 Å². The van der Waals surface area contributed by atoms with Crippen molar-refractivity contribution >= 4 is 11.8 Å². The van der Waals surface area contributed by atoms with E-state index in [9.17, 15) is 9.59 Å². The number of benzene rings is 2. The van der Waals surface area contributed by atoms with E-state index < -0.39 is 6.04 Å². The Labute approximate surface area is 167 Å². The average Bonchev–Trinajstić information content (AvgIpc) is 2.75. The summed E-state index contributed by atoms with van der Waals surface area (Å²) in [5.74, 6) is 0.510. The highest BCUT2D eigenvalue weighted by Gasteiger charge is 2.25. The van der Waals surface area contributed by atoms with E-state index in [1.54, 1.807) is 26.0 Å². The summed E-state index contributed by atoms with van der Waals surface area (Å²) in [5.41, 5.74) is 3.33. The highest BCUT2D eigenvalue weighted by Crippen LogP contribution is 2.17. The Morgan fingerprint density at radius 2 is 1.75 bits per heavy atom. The smallest absolute Gasteiger partial charge is 0.242 e. The normalized spacial score (nSPS) is 11.6. The number of carbonyl (C=O) groups is 2. The van der Waals surface area contributed by atoms with E-state index in [-0.39, 0.29) is 11.8 Å². The number of methoxy groups -OCH3 is 1. The molecule has 0 spiro atoms. The summed E-state index contributed by atoms with van der Waals surface area (Å²) in [4.78, 5) is 26.8. The van der Waals surface area contributed by atoms with Crippen molar-refractivity contribution < 1.29 is 14.3 Å². The van der Waals surface area contributed by atoms with Gasteiger partial charge in [0, 0.05) is 20.0 Å². The Balaban J connectivity index is 2.12. The summed E-state index contributed by atoms with van der Waals surface area (Å²) in [7, 11) is 3.20. The molecule has 0 saturated carbocycles. The van der Waals surface area contributed by atoms with Gasteiger partial charge in [0.05, 0.1) is 7.11 Å². The summed E-state index contributed by atoms with van der Waals surface area (Å²) in [6.07, 6.45) is 2.01. The van der Waals surface area contributed by atoms with E-state index in [4.69, 9.17) is 4.74 Å². The van der Waals surface area contributed by atoms with Gasteiger partial charge in [-0.1, -0.05) is 43.3 Å². The molecule has 0 aromatic heterocycles. The van der Waals surface area contributed by atoms with Crippen molar-refractivity contribution in [3.05, 3.63) is 65.2 Å². The maximum Gasteiger partial charge on any atom is 0.242 e. The Morgan fingerprint density at radius 3 is 2.36 bits per heavy atom. The van der Waals surface area contributed by atoms with E-state index in [2.05, 4.69) is 36.5 Å². The first-order valence-electron chi connectivity index (χ1n) is 9.70. The van der Waals surface area contributed by atoms with Gasteiger partial charge in [0.15, 0.2) is 0 Å². The van der Waals surface area contributed by atoms with Gasteiger partial charge in [0.2, 0.25) is 11.8 Å².